The second kappa shape index (κ2) is 8.22. The predicted molar refractivity (Wildman–Crippen MR) is 85.0 cm³/mol. The van der Waals surface area contributed by atoms with E-state index >= 15 is 0 Å². The van der Waals surface area contributed by atoms with Crippen LogP contribution in [0.15, 0.2) is 18.2 Å². The first kappa shape index (κ1) is 17.8. The zero-order valence-electron chi connectivity index (χ0n) is 13.8. The largest absolute Gasteiger partial charge is 0.493 e. The Labute approximate surface area is 127 Å². The molecule has 0 bridgehead atoms. The minimum Gasteiger partial charge on any atom is -0.493 e. The average Bonchev–Trinajstić information content (AvgIpc) is 2.37. The van der Waals surface area contributed by atoms with Crippen LogP contribution < -0.4 is 14.8 Å². The topological polar surface area (TPSA) is 54.0 Å². The van der Waals surface area contributed by atoms with E-state index in [9.17, 15) is 5.11 Å². The first-order chi connectivity index (χ1) is 9.88. The lowest BCUT2D eigenvalue weighted by molar-refractivity contribution is 0.0336. The summed E-state index contributed by atoms with van der Waals surface area (Å²) in [5.74, 6) is 1.49. The number of aliphatic hydroxyl groups is 1. The summed E-state index contributed by atoms with van der Waals surface area (Å²) in [6.07, 6.45) is 0. The molecule has 0 fully saturated rings. The van der Waals surface area contributed by atoms with Gasteiger partial charge in [-0.15, -0.1) is 0 Å². The zero-order valence-corrected chi connectivity index (χ0v) is 13.8. The minimum absolute atomic E-state index is 0.529. The van der Waals surface area contributed by atoms with Gasteiger partial charge in [0.15, 0.2) is 11.5 Å². The third-order valence-electron chi connectivity index (χ3n) is 3.02. The Morgan fingerprint density at radius 3 is 2.57 bits per heavy atom. The van der Waals surface area contributed by atoms with Crippen molar-refractivity contribution < 1.29 is 14.6 Å². The normalized spacial score (nSPS) is 14.0. The summed E-state index contributed by atoms with van der Waals surface area (Å²) in [6, 6.07) is 5.87. The van der Waals surface area contributed by atoms with Gasteiger partial charge < -0.3 is 24.8 Å². The van der Waals surface area contributed by atoms with E-state index in [0.29, 0.717) is 26.2 Å². The SMILES string of the molecule is CCOc1cc(CNCC(C)(O)CN(C)C)ccc1OC. The number of rotatable bonds is 9. The van der Waals surface area contributed by atoms with Crippen LogP contribution in [-0.4, -0.2) is 56.5 Å². The lowest BCUT2D eigenvalue weighted by atomic mass is 10.1. The zero-order chi connectivity index (χ0) is 15.9. The van der Waals surface area contributed by atoms with Crippen molar-refractivity contribution in [2.24, 2.45) is 0 Å². The molecule has 0 aliphatic rings. The first-order valence-corrected chi connectivity index (χ1v) is 7.25. The average molecular weight is 296 g/mol. The van der Waals surface area contributed by atoms with Crippen LogP contribution in [0, 0.1) is 0 Å². The number of hydrogen-bond donors (Lipinski definition) is 2. The van der Waals surface area contributed by atoms with Crippen LogP contribution in [0.1, 0.15) is 19.4 Å². The van der Waals surface area contributed by atoms with Gasteiger partial charge in [0.25, 0.3) is 0 Å². The van der Waals surface area contributed by atoms with Gasteiger partial charge in [0.1, 0.15) is 0 Å². The summed E-state index contributed by atoms with van der Waals surface area (Å²) in [4.78, 5) is 1.97. The van der Waals surface area contributed by atoms with Gasteiger partial charge in [-0.25, -0.2) is 0 Å². The van der Waals surface area contributed by atoms with Gasteiger partial charge in [-0.05, 0) is 45.6 Å². The first-order valence-electron chi connectivity index (χ1n) is 7.25. The van der Waals surface area contributed by atoms with Crippen LogP contribution in [0.25, 0.3) is 0 Å². The van der Waals surface area contributed by atoms with Crippen LogP contribution in [0.2, 0.25) is 0 Å². The molecule has 0 heterocycles. The second-order valence-corrected chi connectivity index (χ2v) is 5.76. The summed E-state index contributed by atoms with van der Waals surface area (Å²) in [7, 11) is 5.53. The standard InChI is InChI=1S/C16H28N2O3/c1-6-21-15-9-13(7-8-14(15)20-5)10-17-11-16(2,19)12-18(3)4/h7-9,17,19H,6,10-12H2,1-5H3. The van der Waals surface area contributed by atoms with Crippen LogP contribution in [0.5, 0.6) is 11.5 Å². The van der Waals surface area contributed by atoms with E-state index in [1.54, 1.807) is 7.11 Å². The molecule has 1 atom stereocenters. The van der Waals surface area contributed by atoms with Crippen molar-refractivity contribution in [2.75, 3.05) is 40.9 Å². The molecule has 0 spiro atoms. The Hall–Kier alpha value is -1.30. The fourth-order valence-electron chi connectivity index (χ4n) is 2.31. The molecule has 120 valence electrons. The molecule has 1 unspecified atom stereocenters. The third-order valence-corrected chi connectivity index (χ3v) is 3.02. The highest BCUT2D eigenvalue weighted by Gasteiger charge is 2.20. The number of benzene rings is 1. The smallest absolute Gasteiger partial charge is 0.161 e. The molecule has 0 aromatic heterocycles. The maximum Gasteiger partial charge on any atom is 0.161 e. The molecule has 5 heteroatoms. The Bertz CT molecular complexity index is 434. The summed E-state index contributed by atoms with van der Waals surface area (Å²) in [5.41, 5.74) is 0.346. The minimum atomic E-state index is -0.751. The second-order valence-electron chi connectivity index (χ2n) is 5.76. The molecule has 1 rings (SSSR count). The highest BCUT2D eigenvalue weighted by molar-refractivity contribution is 5.42. The fourth-order valence-corrected chi connectivity index (χ4v) is 2.31. The molecule has 0 aliphatic heterocycles. The molecular formula is C16H28N2O3. The molecule has 0 aliphatic carbocycles. The van der Waals surface area contributed by atoms with Crippen LogP contribution in [-0.2, 0) is 6.54 Å². The summed E-state index contributed by atoms with van der Waals surface area (Å²) in [6.45, 7) is 6.20. The molecule has 5 nitrogen and oxygen atoms in total. The van der Waals surface area contributed by atoms with Gasteiger partial charge >= 0.3 is 0 Å². The number of likely N-dealkylation sites (N-methyl/N-ethyl adjacent to an activating group) is 1. The Balaban J connectivity index is 2.57. The molecule has 0 radical (unpaired) electrons. The molecule has 1 aromatic rings. The van der Waals surface area contributed by atoms with Crippen LogP contribution >= 0.6 is 0 Å². The number of ether oxygens (including phenoxy) is 2. The van der Waals surface area contributed by atoms with E-state index in [2.05, 4.69) is 5.32 Å². The van der Waals surface area contributed by atoms with Gasteiger partial charge in [-0.3, -0.25) is 0 Å². The van der Waals surface area contributed by atoms with Crippen molar-refractivity contribution in [3.05, 3.63) is 23.8 Å². The number of hydrogen-bond acceptors (Lipinski definition) is 5. The number of nitrogens with zero attached hydrogens (tertiary/aromatic N) is 1. The van der Waals surface area contributed by atoms with Crippen molar-refractivity contribution in [1.29, 1.82) is 0 Å². The molecular weight excluding hydrogens is 268 g/mol. The van der Waals surface area contributed by atoms with E-state index in [1.165, 1.54) is 0 Å². The lowest BCUT2D eigenvalue weighted by Crippen LogP contribution is -2.45. The Kier molecular flexibility index (Phi) is 6.95. The Morgan fingerprint density at radius 1 is 1.29 bits per heavy atom. The van der Waals surface area contributed by atoms with E-state index in [4.69, 9.17) is 9.47 Å². The van der Waals surface area contributed by atoms with Gasteiger partial charge in [0.05, 0.1) is 19.3 Å². The van der Waals surface area contributed by atoms with E-state index in [0.717, 1.165) is 17.1 Å². The van der Waals surface area contributed by atoms with Gasteiger partial charge in [0, 0.05) is 19.6 Å². The molecule has 1 aromatic carbocycles. The molecule has 0 saturated heterocycles. The quantitative estimate of drug-likeness (QED) is 0.723. The van der Waals surface area contributed by atoms with Crippen LogP contribution in [0.4, 0.5) is 0 Å². The molecule has 2 N–H and O–H groups in total. The maximum absolute atomic E-state index is 10.2. The Morgan fingerprint density at radius 2 is 2.00 bits per heavy atom. The summed E-state index contributed by atoms with van der Waals surface area (Å²) < 4.78 is 10.8. The van der Waals surface area contributed by atoms with Crippen molar-refractivity contribution in [2.45, 2.75) is 26.0 Å². The van der Waals surface area contributed by atoms with Crippen molar-refractivity contribution in [1.82, 2.24) is 10.2 Å². The number of methoxy groups -OCH3 is 1. The summed E-state index contributed by atoms with van der Waals surface area (Å²) >= 11 is 0. The predicted octanol–water partition coefficient (Wildman–Crippen LogP) is 1.50. The third kappa shape index (κ3) is 6.33. The van der Waals surface area contributed by atoms with E-state index in [-0.39, 0.29) is 0 Å². The van der Waals surface area contributed by atoms with Gasteiger partial charge in [-0.2, -0.15) is 0 Å². The molecule has 0 amide bonds. The lowest BCUT2D eigenvalue weighted by Gasteiger charge is -2.27. The van der Waals surface area contributed by atoms with Crippen molar-refractivity contribution >= 4 is 0 Å². The van der Waals surface area contributed by atoms with Gasteiger partial charge in [-0.1, -0.05) is 6.07 Å². The van der Waals surface area contributed by atoms with Crippen molar-refractivity contribution in [3.63, 3.8) is 0 Å². The molecule has 21 heavy (non-hydrogen) atoms. The highest BCUT2D eigenvalue weighted by atomic mass is 16.5. The fraction of sp³-hybridized carbons (Fsp3) is 0.625. The summed E-state index contributed by atoms with van der Waals surface area (Å²) in [5, 5.41) is 13.5. The van der Waals surface area contributed by atoms with Crippen LogP contribution in [0.3, 0.4) is 0 Å². The van der Waals surface area contributed by atoms with Crippen molar-refractivity contribution in [3.8, 4) is 11.5 Å². The van der Waals surface area contributed by atoms with Gasteiger partial charge in [0.2, 0.25) is 0 Å². The maximum atomic E-state index is 10.2. The van der Waals surface area contributed by atoms with E-state index < -0.39 is 5.60 Å². The number of nitrogens with one attached hydrogen (secondary N) is 1. The van der Waals surface area contributed by atoms with E-state index in [1.807, 2.05) is 51.0 Å². The monoisotopic (exact) mass is 296 g/mol. The molecule has 0 saturated carbocycles. The highest BCUT2D eigenvalue weighted by Crippen LogP contribution is 2.27.